The highest BCUT2D eigenvalue weighted by Gasteiger charge is 2.39. The average Bonchev–Trinajstić information content (AvgIpc) is 2.48. The van der Waals surface area contributed by atoms with E-state index in [9.17, 15) is 15.3 Å². The molecule has 0 bridgehead atoms. The van der Waals surface area contributed by atoms with E-state index >= 15 is 0 Å². The molecule has 1 aromatic carbocycles. The summed E-state index contributed by atoms with van der Waals surface area (Å²) in [5, 5.41) is 23.5. The molecule has 23 heavy (non-hydrogen) atoms. The van der Waals surface area contributed by atoms with E-state index in [2.05, 4.69) is 0 Å². The molecule has 0 amide bonds. The quantitative estimate of drug-likeness (QED) is 0.368. The van der Waals surface area contributed by atoms with Crippen LogP contribution in [-0.4, -0.2) is 17.1 Å². The Labute approximate surface area is 133 Å². The zero-order valence-electron chi connectivity index (χ0n) is 13.1. The van der Waals surface area contributed by atoms with E-state index in [1.165, 1.54) is 12.1 Å². The van der Waals surface area contributed by atoms with Crippen LogP contribution >= 0.6 is 0 Å². The number of aryl methyl sites for hydroxylation is 1. The lowest BCUT2D eigenvalue weighted by Gasteiger charge is -2.36. The van der Waals surface area contributed by atoms with Crippen molar-refractivity contribution >= 4 is 17.2 Å². The van der Waals surface area contributed by atoms with Crippen LogP contribution in [0.3, 0.4) is 0 Å². The van der Waals surface area contributed by atoms with Crippen LogP contribution in [0.5, 0.6) is 5.75 Å². The lowest BCUT2D eigenvalue weighted by molar-refractivity contribution is -0.599. The van der Waals surface area contributed by atoms with Gasteiger partial charge in [-0.15, -0.1) is 0 Å². The molecule has 1 aliphatic heterocycles. The monoisotopic (exact) mass is 315 g/mol. The SMILES string of the molecule is Cc1cccc(N2CC(C)(C)Oc3ccc([N+](=O)[O-])cc32)[n+]1[O-]. The van der Waals surface area contributed by atoms with Gasteiger partial charge >= 0.3 is 0 Å². The van der Waals surface area contributed by atoms with Crippen molar-refractivity contribution < 1.29 is 14.4 Å². The molecule has 2 aromatic rings. The fraction of sp³-hybridized carbons (Fsp3) is 0.312. The van der Waals surface area contributed by atoms with Crippen LogP contribution < -0.4 is 14.4 Å². The Balaban J connectivity index is 2.19. The molecule has 0 aliphatic carbocycles. The molecule has 7 heteroatoms. The predicted octanol–water partition coefficient (Wildman–Crippen LogP) is 2.85. The smallest absolute Gasteiger partial charge is 0.285 e. The largest absolute Gasteiger partial charge is 0.710 e. The molecule has 1 aliphatic rings. The molecule has 2 heterocycles. The number of nitrogens with zero attached hydrogens (tertiary/aromatic N) is 3. The Hall–Kier alpha value is -2.83. The summed E-state index contributed by atoms with van der Waals surface area (Å²) in [7, 11) is 0. The summed E-state index contributed by atoms with van der Waals surface area (Å²) in [5.41, 5.74) is 0.509. The number of benzene rings is 1. The minimum Gasteiger partial charge on any atom is -0.710 e. The number of nitro groups is 1. The van der Waals surface area contributed by atoms with Crippen LogP contribution in [0.4, 0.5) is 17.2 Å². The van der Waals surface area contributed by atoms with Crippen LogP contribution in [0.15, 0.2) is 36.4 Å². The highest BCUT2D eigenvalue weighted by Crippen LogP contribution is 2.42. The van der Waals surface area contributed by atoms with Gasteiger partial charge in [0.2, 0.25) is 0 Å². The number of non-ortho nitro benzene ring substituents is 1. The summed E-state index contributed by atoms with van der Waals surface area (Å²) >= 11 is 0. The molecule has 1 aromatic heterocycles. The first-order chi connectivity index (χ1) is 10.8. The topological polar surface area (TPSA) is 82.5 Å². The third-order valence-electron chi connectivity index (χ3n) is 3.76. The van der Waals surface area contributed by atoms with Gasteiger partial charge in [0.25, 0.3) is 11.5 Å². The standard InChI is InChI=1S/C16H17N3O4/c1-11-5-4-6-15(18(11)20)17-10-16(2,3)23-14-8-7-12(19(21)22)9-13(14)17/h4-9H,10H2,1-3H3. The van der Waals surface area contributed by atoms with Crippen molar-refractivity contribution in [2.45, 2.75) is 26.4 Å². The van der Waals surface area contributed by atoms with Crippen molar-refractivity contribution in [1.29, 1.82) is 0 Å². The lowest BCUT2D eigenvalue weighted by Crippen LogP contribution is -2.49. The van der Waals surface area contributed by atoms with E-state index < -0.39 is 10.5 Å². The second-order valence-electron chi connectivity index (χ2n) is 6.18. The highest BCUT2D eigenvalue weighted by molar-refractivity contribution is 5.70. The molecule has 0 radical (unpaired) electrons. The molecule has 3 rings (SSSR count). The zero-order valence-corrected chi connectivity index (χ0v) is 13.1. The zero-order chi connectivity index (χ0) is 16.8. The van der Waals surface area contributed by atoms with E-state index in [0.717, 1.165) is 4.73 Å². The average molecular weight is 315 g/mol. The number of pyridine rings is 1. The van der Waals surface area contributed by atoms with E-state index in [0.29, 0.717) is 29.5 Å². The number of aromatic nitrogens is 1. The first kappa shape index (κ1) is 15.1. The second kappa shape index (κ2) is 5.12. The van der Waals surface area contributed by atoms with E-state index in [1.807, 2.05) is 13.8 Å². The first-order valence-electron chi connectivity index (χ1n) is 7.23. The molecule has 0 saturated heterocycles. The number of hydrogen-bond acceptors (Lipinski definition) is 5. The minimum atomic E-state index is -0.528. The molecule has 7 nitrogen and oxygen atoms in total. The van der Waals surface area contributed by atoms with Gasteiger partial charge in [0, 0.05) is 12.1 Å². The third-order valence-corrected chi connectivity index (χ3v) is 3.76. The van der Waals surface area contributed by atoms with Crippen LogP contribution in [-0.2, 0) is 0 Å². The Morgan fingerprint density at radius 1 is 1.30 bits per heavy atom. The van der Waals surface area contributed by atoms with E-state index in [4.69, 9.17) is 4.74 Å². The summed E-state index contributed by atoms with van der Waals surface area (Å²) < 4.78 is 6.72. The predicted molar refractivity (Wildman–Crippen MR) is 84.9 cm³/mol. The van der Waals surface area contributed by atoms with Crippen molar-refractivity contribution in [2.24, 2.45) is 0 Å². The van der Waals surface area contributed by atoms with Gasteiger partial charge in [-0.2, -0.15) is 0 Å². The Morgan fingerprint density at radius 3 is 2.74 bits per heavy atom. The van der Waals surface area contributed by atoms with Gasteiger partial charge in [-0.25, -0.2) is 9.63 Å². The second-order valence-corrected chi connectivity index (χ2v) is 6.18. The molecule has 0 N–H and O–H groups in total. The van der Waals surface area contributed by atoms with Gasteiger partial charge in [-0.05, 0) is 32.9 Å². The molecular formula is C16H17N3O4. The summed E-state index contributed by atoms with van der Waals surface area (Å²) in [6.45, 7) is 5.95. The normalized spacial score (nSPS) is 15.7. The Bertz CT molecular complexity index is 789. The van der Waals surface area contributed by atoms with Crippen molar-refractivity contribution in [3.8, 4) is 5.75 Å². The maximum absolute atomic E-state index is 12.4. The Morgan fingerprint density at radius 2 is 2.04 bits per heavy atom. The number of anilines is 2. The van der Waals surface area contributed by atoms with Crippen molar-refractivity contribution in [1.82, 2.24) is 0 Å². The van der Waals surface area contributed by atoms with Crippen LogP contribution in [0.2, 0.25) is 0 Å². The fourth-order valence-electron chi connectivity index (χ4n) is 2.71. The maximum Gasteiger partial charge on any atom is 0.285 e. The minimum absolute atomic E-state index is 0.0397. The molecule has 0 atom stereocenters. The number of nitro benzene ring substituents is 1. The van der Waals surface area contributed by atoms with Gasteiger partial charge in [-0.1, -0.05) is 6.07 Å². The summed E-state index contributed by atoms with van der Waals surface area (Å²) in [5.74, 6) is 0.941. The summed E-state index contributed by atoms with van der Waals surface area (Å²) in [6, 6.07) is 9.62. The van der Waals surface area contributed by atoms with Crippen LogP contribution in [0.25, 0.3) is 0 Å². The number of hydrogen-bond donors (Lipinski definition) is 0. The maximum atomic E-state index is 12.4. The molecule has 0 fully saturated rings. The van der Waals surface area contributed by atoms with Crippen LogP contribution in [0, 0.1) is 22.2 Å². The molecule has 0 saturated carbocycles. The fourth-order valence-corrected chi connectivity index (χ4v) is 2.71. The number of rotatable bonds is 2. The third kappa shape index (κ3) is 2.65. The first-order valence-corrected chi connectivity index (χ1v) is 7.23. The molecular weight excluding hydrogens is 298 g/mol. The Kier molecular flexibility index (Phi) is 3.35. The number of ether oxygens (including phenoxy) is 1. The molecule has 0 spiro atoms. The van der Waals surface area contributed by atoms with Gasteiger partial charge in [0.05, 0.1) is 11.0 Å². The number of fused-ring (bicyclic) bond motifs is 1. The van der Waals surface area contributed by atoms with Crippen LogP contribution in [0.1, 0.15) is 19.5 Å². The van der Waals surface area contributed by atoms with Crippen molar-refractivity contribution in [3.63, 3.8) is 0 Å². The van der Waals surface area contributed by atoms with E-state index in [-0.39, 0.29) is 5.69 Å². The summed E-state index contributed by atoms with van der Waals surface area (Å²) in [4.78, 5) is 12.4. The summed E-state index contributed by atoms with van der Waals surface area (Å²) in [6.07, 6.45) is 0. The lowest BCUT2D eigenvalue weighted by atomic mass is 10.0. The highest BCUT2D eigenvalue weighted by atomic mass is 16.6. The van der Waals surface area contributed by atoms with Crippen molar-refractivity contribution in [2.75, 3.05) is 11.4 Å². The van der Waals surface area contributed by atoms with Gasteiger partial charge in [0.1, 0.15) is 17.8 Å². The van der Waals surface area contributed by atoms with Gasteiger partial charge in [0.15, 0.2) is 11.4 Å². The molecule has 120 valence electrons. The van der Waals surface area contributed by atoms with E-state index in [1.54, 1.807) is 36.1 Å². The van der Waals surface area contributed by atoms with Crippen molar-refractivity contribution in [3.05, 3.63) is 57.4 Å². The van der Waals surface area contributed by atoms with Gasteiger partial charge < -0.3 is 9.94 Å². The van der Waals surface area contributed by atoms with Gasteiger partial charge in [-0.3, -0.25) is 10.1 Å². The molecule has 0 unspecified atom stereocenters.